The van der Waals surface area contributed by atoms with Gasteiger partial charge in [-0.3, -0.25) is 0 Å². The molecule has 2 aromatic heterocycles. The molecule has 0 unspecified atom stereocenters. The van der Waals surface area contributed by atoms with Crippen molar-refractivity contribution in [1.29, 1.82) is 15.8 Å². The number of nitrogens with zero attached hydrogens (tertiary/aromatic N) is 5. The maximum Gasteiger partial charge on any atom is 0.101 e. The Morgan fingerprint density at radius 1 is 0.500 bits per heavy atom. The number of para-hydroxylation sites is 2. The quantitative estimate of drug-likeness (QED) is 0.193. The highest BCUT2D eigenvalue weighted by Crippen LogP contribution is 2.39. The second-order valence-electron chi connectivity index (χ2n) is 12.6. The lowest BCUT2D eigenvalue weighted by Gasteiger charge is -2.16. The van der Waals surface area contributed by atoms with Gasteiger partial charge >= 0.3 is 0 Å². The molecule has 1 aliphatic carbocycles. The van der Waals surface area contributed by atoms with E-state index in [4.69, 9.17) is 0 Å². The Kier molecular flexibility index (Phi) is 6.70. The summed E-state index contributed by atoms with van der Waals surface area (Å²) in [4.78, 5) is 0. The summed E-state index contributed by atoms with van der Waals surface area (Å²) in [5.41, 5.74) is 13.3. The van der Waals surface area contributed by atoms with Gasteiger partial charge in [0.05, 0.1) is 56.8 Å². The molecule has 0 amide bonds. The van der Waals surface area contributed by atoms with Gasteiger partial charge in [-0.15, -0.1) is 0 Å². The molecule has 8 aromatic rings. The van der Waals surface area contributed by atoms with Crippen molar-refractivity contribution in [2.75, 3.05) is 0 Å². The Labute approximate surface area is 289 Å². The van der Waals surface area contributed by atoms with Crippen LogP contribution in [0.1, 0.15) is 34.4 Å². The summed E-state index contributed by atoms with van der Waals surface area (Å²) in [6.45, 7) is 0. The average Bonchev–Trinajstić information content (AvgIpc) is 3.69. The number of benzene rings is 6. The standard InChI is InChI=1S/C45H27N5/c46-26-29-13-20-44-38(23-29)39-24-30(27-47)14-21-45(39)49(44)40-22-19-33(25-34(40)28-48)31-15-17-32(18-16-31)35-7-1-4-10-41(35)50-42-11-5-2-8-36(42)37-9-3-6-12-43(37)50/h1-2,4-8,10-25H,3,9H2. The van der Waals surface area contributed by atoms with E-state index >= 15 is 0 Å². The van der Waals surface area contributed by atoms with Crippen LogP contribution in [0.15, 0.2) is 133 Å². The van der Waals surface area contributed by atoms with Crippen molar-refractivity contribution in [3.05, 3.63) is 161 Å². The van der Waals surface area contributed by atoms with E-state index in [1.54, 1.807) is 12.1 Å². The molecular formula is C45H27N5. The normalized spacial score (nSPS) is 12.1. The first-order chi connectivity index (χ1) is 24.7. The summed E-state index contributed by atoms with van der Waals surface area (Å²) in [7, 11) is 0. The van der Waals surface area contributed by atoms with Gasteiger partial charge in [-0.05, 0) is 102 Å². The van der Waals surface area contributed by atoms with Gasteiger partial charge in [-0.1, -0.05) is 72.8 Å². The first-order valence-electron chi connectivity index (χ1n) is 16.6. The molecule has 6 aromatic carbocycles. The van der Waals surface area contributed by atoms with Crippen molar-refractivity contribution < 1.29 is 0 Å². The smallest absolute Gasteiger partial charge is 0.101 e. The molecule has 0 atom stereocenters. The molecule has 0 aliphatic heterocycles. The lowest BCUT2D eigenvalue weighted by molar-refractivity contribution is 0.968. The van der Waals surface area contributed by atoms with E-state index in [2.05, 4.69) is 114 Å². The van der Waals surface area contributed by atoms with Gasteiger partial charge in [0.15, 0.2) is 0 Å². The molecule has 232 valence electrons. The van der Waals surface area contributed by atoms with Crippen molar-refractivity contribution in [2.45, 2.75) is 12.8 Å². The van der Waals surface area contributed by atoms with E-state index in [1.807, 2.05) is 41.0 Å². The number of nitriles is 3. The van der Waals surface area contributed by atoms with Crippen molar-refractivity contribution in [2.24, 2.45) is 0 Å². The minimum Gasteiger partial charge on any atom is -0.309 e. The minimum atomic E-state index is 0.529. The van der Waals surface area contributed by atoms with Gasteiger partial charge in [0.25, 0.3) is 0 Å². The first-order valence-corrected chi connectivity index (χ1v) is 16.6. The Morgan fingerprint density at radius 2 is 1.14 bits per heavy atom. The zero-order chi connectivity index (χ0) is 33.8. The molecule has 0 saturated carbocycles. The Balaban J connectivity index is 1.13. The van der Waals surface area contributed by atoms with Crippen molar-refractivity contribution in [3.8, 4) is 51.8 Å². The molecule has 5 nitrogen and oxygen atoms in total. The average molecular weight is 638 g/mol. The highest BCUT2D eigenvalue weighted by molar-refractivity contribution is 6.10. The lowest BCUT2D eigenvalue weighted by Crippen LogP contribution is -2.02. The second-order valence-corrected chi connectivity index (χ2v) is 12.6. The predicted octanol–water partition coefficient (Wildman–Crippen LogP) is 10.6. The fraction of sp³-hybridized carbons (Fsp3) is 0.0444. The summed E-state index contributed by atoms with van der Waals surface area (Å²) in [6.07, 6.45) is 6.64. The Bertz CT molecular complexity index is 2770. The van der Waals surface area contributed by atoms with E-state index in [9.17, 15) is 15.8 Å². The van der Waals surface area contributed by atoms with Gasteiger partial charge in [-0.2, -0.15) is 15.8 Å². The van der Waals surface area contributed by atoms with Crippen LogP contribution in [0.2, 0.25) is 0 Å². The van der Waals surface area contributed by atoms with Crippen molar-refractivity contribution in [1.82, 2.24) is 9.13 Å². The highest BCUT2D eigenvalue weighted by atomic mass is 15.0. The maximum atomic E-state index is 10.4. The Hall–Kier alpha value is -7.13. The number of hydrogen-bond donors (Lipinski definition) is 0. The van der Waals surface area contributed by atoms with Crippen molar-refractivity contribution in [3.63, 3.8) is 0 Å². The van der Waals surface area contributed by atoms with Crippen LogP contribution in [0, 0.1) is 34.0 Å². The fourth-order valence-corrected chi connectivity index (χ4v) is 7.62. The van der Waals surface area contributed by atoms with Crippen LogP contribution in [0.5, 0.6) is 0 Å². The molecule has 0 fully saturated rings. The van der Waals surface area contributed by atoms with Crippen LogP contribution in [0.4, 0.5) is 0 Å². The van der Waals surface area contributed by atoms with E-state index in [0.29, 0.717) is 16.7 Å². The Morgan fingerprint density at radius 3 is 1.86 bits per heavy atom. The minimum absolute atomic E-state index is 0.529. The van der Waals surface area contributed by atoms with E-state index in [-0.39, 0.29) is 0 Å². The number of allylic oxidation sites excluding steroid dienone is 1. The topological polar surface area (TPSA) is 81.2 Å². The van der Waals surface area contributed by atoms with Crippen LogP contribution >= 0.6 is 0 Å². The third kappa shape index (κ3) is 4.45. The molecule has 0 bridgehead atoms. The number of fused-ring (bicyclic) bond motifs is 6. The SMILES string of the molecule is N#Cc1ccc2c(c1)c1cc(C#N)ccc1n2-c1ccc(-c2ccc(-c3ccccc3-n3c4c(c5ccccc53)CCC=C4)cc2)cc1C#N. The molecule has 0 radical (unpaired) electrons. The van der Waals surface area contributed by atoms with Gasteiger partial charge in [0, 0.05) is 27.4 Å². The summed E-state index contributed by atoms with van der Waals surface area (Å²) < 4.78 is 4.45. The number of hydrogen-bond acceptors (Lipinski definition) is 3. The number of rotatable bonds is 4. The third-order valence-corrected chi connectivity index (χ3v) is 9.91. The maximum absolute atomic E-state index is 10.4. The van der Waals surface area contributed by atoms with Gasteiger partial charge in [0.2, 0.25) is 0 Å². The monoisotopic (exact) mass is 637 g/mol. The largest absolute Gasteiger partial charge is 0.309 e. The zero-order valence-corrected chi connectivity index (χ0v) is 26.9. The highest BCUT2D eigenvalue weighted by Gasteiger charge is 2.21. The summed E-state index contributed by atoms with van der Waals surface area (Å²) >= 11 is 0. The van der Waals surface area contributed by atoms with Crippen LogP contribution in [-0.2, 0) is 6.42 Å². The lowest BCUT2D eigenvalue weighted by atomic mass is 9.97. The summed E-state index contributed by atoms with van der Waals surface area (Å²) in [6, 6.07) is 49.8. The molecule has 9 rings (SSSR count). The molecule has 50 heavy (non-hydrogen) atoms. The molecule has 0 spiro atoms. The predicted molar refractivity (Wildman–Crippen MR) is 200 cm³/mol. The fourth-order valence-electron chi connectivity index (χ4n) is 7.62. The van der Waals surface area contributed by atoms with Crippen LogP contribution in [-0.4, -0.2) is 9.13 Å². The van der Waals surface area contributed by atoms with Crippen molar-refractivity contribution >= 4 is 38.8 Å². The van der Waals surface area contributed by atoms with Crippen LogP contribution in [0.3, 0.4) is 0 Å². The van der Waals surface area contributed by atoms with E-state index in [1.165, 1.54) is 22.2 Å². The molecule has 5 heteroatoms. The second kappa shape index (κ2) is 11.5. The molecule has 0 saturated heterocycles. The number of aryl methyl sites for hydroxylation is 1. The third-order valence-electron chi connectivity index (χ3n) is 9.91. The first kappa shape index (κ1) is 29.0. The van der Waals surface area contributed by atoms with E-state index < -0.39 is 0 Å². The summed E-state index contributed by atoms with van der Waals surface area (Å²) in [5.74, 6) is 0. The molecular weight excluding hydrogens is 611 g/mol. The van der Waals surface area contributed by atoms with Gasteiger partial charge in [-0.25, -0.2) is 0 Å². The summed E-state index contributed by atoms with van der Waals surface area (Å²) in [5, 5.41) is 32.6. The van der Waals surface area contributed by atoms with Gasteiger partial charge < -0.3 is 9.13 Å². The zero-order valence-electron chi connectivity index (χ0n) is 26.9. The van der Waals surface area contributed by atoms with Crippen LogP contribution in [0.25, 0.3) is 72.4 Å². The molecule has 2 heterocycles. The van der Waals surface area contributed by atoms with Gasteiger partial charge in [0.1, 0.15) is 6.07 Å². The van der Waals surface area contributed by atoms with E-state index in [0.717, 1.165) is 68.3 Å². The van der Waals surface area contributed by atoms with Crippen LogP contribution < -0.4 is 0 Å². The molecule has 1 aliphatic rings. The molecule has 0 N–H and O–H groups in total. The number of aromatic nitrogens is 2.